The van der Waals surface area contributed by atoms with Gasteiger partial charge in [0.25, 0.3) is 0 Å². The zero-order chi connectivity index (χ0) is 22.1. The number of nitrogens with zero attached hydrogens (tertiary/aromatic N) is 4. The van der Waals surface area contributed by atoms with Crippen LogP contribution >= 0.6 is 11.3 Å². The number of thiazole rings is 1. The minimum absolute atomic E-state index is 0.00255. The van der Waals surface area contributed by atoms with Crippen molar-refractivity contribution in [2.75, 3.05) is 29.2 Å². The number of fused-ring (bicyclic) bond motifs is 2. The number of amides is 1. The summed E-state index contributed by atoms with van der Waals surface area (Å²) in [5, 5.41) is 13.5. The van der Waals surface area contributed by atoms with Crippen LogP contribution in [0.4, 0.5) is 17.1 Å². The van der Waals surface area contributed by atoms with E-state index >= 15 is 0 Å². The Hall–Kier alpha value is -3.70. The van der Waals surface area contributed by atoms with Gasteiger partial charge in [0.05, 0.1) is 26.6 Å². The predicted octanol–water partition coefficient (Wildman–Crippen LogP) is 4.21. The van der Waals surface area contributed by atoms with Crippen molar-refractivity contribution in [2.45, 2.75) is 19.8 Å². The van der Waals surface area contributed by atoms with E-state index in [1.165, 1.54) is 0 Å². The van der Waals surface area contributed by atoms with Crippen LogP contribution in [-0.4, -0.2) is 30.8 Å². The summed E-state index contributed by atoms with van der Waals surface area (Å²) in [5.74, 6) is -0.0968. The summed E-state index contributed by atoms with van der Waals surface area (Å²) >= 11 is 1.56. The second kappa shape index (κ2) is 8.20. The van der Waals surface area contributed by atoms with E-state index in [2.05, 4.69) is 10.3 Å². The molecule has 4 rings (SSSR count). The Kier molecular flexibility index (Phi) is 5.44. The van der Waals surface area contributed by atoms with E-state index in [9.17, 15) is 14.9 Å². The quantitative estimate of drug-likeness (QED) is 0.481. The van der Waals surface area contributed by atoms with Gasteiger partial charge in [0.1, 0.15) is 17.5 Å². The van der Waals surface area contributed by atoms with E-state index in [4.69, 9.17) is 0 Å². The van der Waals surface area contributed by atoms with Gasteiger partial charge in [-0.3, -0.25) is 9.59 Å². The number of aromatic nitrogens is 1. The van der Waals surface area contributed by atoms with Crippen molar-refractivity contribution >= 4 is 50.3 Å². The Balaban J connectivity index is 1.45. The predicted molar refractivity (Wildman–Crippen MR) is 123 cm³/mol. The molecule has 1 N–H and O–H groups in total. The fourth-order valence-corrected chi connectivity index (χ4v) is 4.62. The van der Waals surface area contributed by atoms with Crippen molar-refractivity contribution in [2.24, 2.45) is 0 Å². The normalized spacial score (nSPS) is 12.6. The van der Waals surface area contributed by atoms with Gasteiger partial charge in [0, 0.05) is 32.6 Å². The Morgan fingerprint density at radius 2 is 1.77 bits per heavy atom. The highest BCUT2D eigenvalue weighted by Gasteiger charge is 2.31. The lowest BCUT2D eigenvalue weighted by Crippen LogP contribution is -2.26. The van der Waals surface area contributed by atoms with Crippen LogP contribution in [0.3, 0.4) is 0 Å². The van der Waals surface area contributed by atoms with E-state index < -0.39 is 0 Å². The fourth-order valence-electron chi connectivity index (χ4n) is 3.75. The Labute approximate surface area is 184 Å². The van der Waals surface area contributed by atoms with Crippen molar-refractivity contribution in [1.82, 2.24) is 4.98 Å². The van der Waals surface area contributed by atoms with Crippen molar-refractivity contribution in [3.8, 4) is 6.07 Å². The summed E-state index contributed by atoms with van der Waals surface area (Å²) in [6.45, 7) is 1.94. The number of allylic oxidation sites excluding steroid dienone is 1. The summed E-state index contributed by atoms with van der Waals surface area (Å²) < 4.78 is 0.995. The summed E-state index contributed by atoms with van der Waals surface area (Å²) in [4.78, 5) is 33.3. The molecule has 1 amide bonds. The number of nitriles is 1. The summed E-state index contributed by atoms with van der Waals surface area (Å²) in [5.41, 5.74) is 3.46. The largest absolute Gasteiger partial charge is 0.328 e. The van der Waals surface area contributed by atoms with Crippen LogP contribution in [0.5, 0.6) is 0 Å². The molecule has 7 nitrogen and oxygen atoms in total. The van der Waals surface area contributed by atoms with Crippen LogP contribution in [0.1, 0.15) is 17.8 Å². The molecule has 1 aromatic heterocycles. The number of carbonyl (C=O) groups is 2. The molecule has 1 aliphatic heterocycles. The number of aryl methyl sites for hydroxylation is 1. The van der Waals surface area contributed by atoms with Gasteiger partial charge in [-0.1, -0.05) is 12.1 Å². The molecule has 8 heteroatoms. The first-order valence-corrected chi connectivity index (χ1v) is 10.6. The molecule has 0 bridgehead atoms. The molecule has 2 heterocycles. The highest BCUT2D eigenvalue weighted by molar-refractivity contribution is 7.18. The van der Waals surface area contributed by atoms with Crippen molar-refractivity contribution in [3.05, 3.63) is 58.9 Å². The Morgan fingerprint density at radius 3 is 2.42 bits per heavy atom. The van der Waals surface area contributed by atoms with E-state index in [1.54, 1.807) is 17.4 Å². The fraction of sp³-hybridized carbons (Fsp3) is 0.217. The molecule has 0 unspecified atom stereocenters. The van der Waals surface area contributed by atoms with Gasteiger partial charge in [-0.25, -0.2) is 4.98 Å². The maximum atomic E-state index is 12.8. The molecule has 3 aromatic rings. The number of hydrogen-bond donors (Lipinski definition) is 1. The second-order valence-electron chi connectivity index (χ2n) is 7.30. The van der Waals surface area contributed by atoms with Crippen LogP contribution < -0.4 is 15.1 Å². The topological polar surface area (TPSA) is 89.3 Å². The van der Waals surface area contributed by atoms with Gasteiger partial charge < -0.3 is 15.1 Å². The van der Waals surface area contributed by atoms with Crippen LogP contribution in [0, 0.1) is 18.3 Å². The van der Waals surface area contributed by atoms with Crippen LogP contribution in [-0.2, 0) is 9.59 Å². The lowest BCUT2D eigenvalue weighted by atomic mass is 10.1. The molecular formula is C23H21N5O2S. The second-order valence-corrected chi connectivity index (χ2v) is 8.54. The molecule has 0 spiro atoms. The Morgan fingerprint density at radius 1 is 1.10 bits per heavy atom. The molecular weight excluding hydrogens is 410 g/mol. The number of carbonyl (C=O) groups excluding carboxylic acids is 2. The summed E-state index contributed by atoms with van der Waals surface area (Å²) in [6.07, 6.45) is -0.0460. The molecule has 0 saturated heterocycles. The van der Waals surface area contributed by atoms with Gasteiger partial charge in [-0.15, -0.1) is 11.3 Å². The van der Waals surface area contributed by atoms with E-state index in [1.807, 2.05) is 73.3 Å². The van der Waals surface area contributed by atoms with Crippen molar-refractivity contribution in [3.63, 3.8) is 0 Å². The smallest absolute Gasteiger partial charge is 0.224 e. The summed E-state index contributed by atoms with van der Waals surface area (Å²) in [6, 6.07) is 15.3. The number of rotatable bonds is 5. The number of ketones is 1. The molecule has 31 heavy (non-hydrogen) atoms. The number of anilines is 3. The van der Waals surface area contributed by atoms with Crippen molar-refractivity contribution < 1.29 is 9.59 Å². The van der Waals surface area contributed by atoms with Crippen molar-refractivity contribution in [1.29, 1.82) is 5.26 Å². The van der Waals surface area contributed by atoms with E-state index in [0.29, 0.717) is 11.5 Å². The number of para-hydroxylation sites is 2. The molecule has 0 aliphatic carbocycles. The number of benzene rings is 2. The number of Topliss-reactive ketones (excluding diaryl/α,β-unsaturated/α-hetero) is 1. The SMILES string of the molecule is Cc1nc2ccc(NC(=O)CCC(=O)C(C#N)=C3N(C)c4ccccc4N3C)cc2s1. The Bertz CT molecular complexity index is 1240. The standard InChI is InChI=1S/C23H21N5O2S/c1-14-25-17-9-8-15(12-21(17)31-14)26-22(30)11-10-20(29)16(13-24)23-27(2)18-6-4-5-7-19(18)28(23)3/h4-9,12H,10-11H2,1-3H3,(H,26,30). The van der Waals surface area contributed by atoms with Gasteiger partial charge in [0.15, 0.2) is 5.78 Å². The van der Waals surface area contributed by atoms with Gasteiger partial charge in [0.2, 0.25) is 5.91 Å². The summed E-state index contributed by atoms with van der Waals surface area (Å²) in [7, 11) is 3.65. The van der Waals surface area contributed by atoms with Gasteiger partial charge in [-0.2, -0.15) is 5.26 Å². The molecule has 0 fully saturated rings. The zero-order valence-corrected chi connectivity index (χ0v) is 18.3. The van der Waals surface area contributed by atoms with E-state index in [0.717, 1.165) is 26.6 Å². The van der Waals surface area contributed by atoms with Crippen LogP contribution in [0.15, 0.2) is 53.9 Å². The monoisotopic (exact) mass is 431 g/mol. The lowest BCUT2D eigenvalue weighted by Gasteiger charge is -2.19. The highest BCUT2D eigenvalue weighted by atomic mass is 32.1. The molecule has 156 valence electrons. The van der Waals surface area contributed by atoms with E-state index in [-0.39, 0.29) is 30.1 Å². The molecule has 1 aliphatic rings. The average molecular weight is 432 g/mol. The first kappa shape index (κ1) is 20.6. The highest BCUT2D eigenvalue weighted by Crippen LogP contribution is 2.40. The van der Waals surface area contributed by atoms with Gasteiger partial charge in [-0.05, 0) is 37.3 Å². The lowest BCUT2D eigenvalue weighted by molar-refractivity contribution is -0.120. The maximum absolute atomic E-state index is 12.8. The average Bonchev–Trinajstić information content (AvgIpc) is 3.24. The van der Waals surface area contributed by atoms with Gasteiger partial charge >= 0.3 is 0 Å². The molecule has 0 saturated carbocycles. The first-order valence-electron chi connectivity index (χ1n) is 9.80. The number of hydrogen-bond acceptors (Lipinski definition) is 7. The molecule has 0 atom stereocenters. The van der Waals surface area contributed by atoms with Crippen LogP contribution in [0.2, 0.25) is 0 Å². The zero-order valence-electron chi connectivity index (χ0n) is 17.5. The minimum atomic E-state index is -0.354. The molecule has 2 aromatic carbocycles. The number of nitrogens with one attached hydrogen (secondary N) is 1. The third-order valence-electron chi connectivity index (χ3n) is 5.21. The first-order chi connectivity index (χ1) is 14.9. The molecule has 0 radical (unpaired) electrons. The third-order valence-corrected chi connectivity index (χ3v) is 6.15. The third kappa shape index (κ3) is 3.88. The van der Waals surface area contributed by atoms with Crippen LogP contribution in [0.25, 0.3) is 10.2 Å². The maximum Gasteiger partial charge on any atom is 0.224 e. The minimum Gasteiger partial charge on any atom is -0.328 e.